The molecule has 0 aliphatic rings. The molecule has 0 bridgehead atoms. The lowest BCUT2D eigenvalue weighted by Crippen LogP contribution is -1.96. The molecule has 1 aromatic carbocycles. The van der Waals surface area contributed by atoms with Gasteiger partial charge in [-0.15, -0.1) is 0 Å². The fourth-order valence-electron chi connectivity index (χ4n) is 1.99. The molecule has 1 aromatic rings. The summed E-state index contributed by atoms with van der Waals surface area (Å²) < 4.78 is 0. The average Bonchev–Trinajstić information content (AvgIpc) is 2.28. The van der Waals surface area contributed by atoms with Crippen LogP contribution >= 0.6 is 0 Å². The molecule has 0 spiro atoms. The van der Waals surface area contributed by atoms with Gasteiger partial charge in [0.1, 0.15) is 0 Å². The molecule has 0 aliphatic carbocycles. The number of benzene rings is 1. The fraction of sp³-hybridized carbons (Fsp3) is 0.400. The average molecular weight is 250 g/mol. The number of hydrogen-bond acceptors (Lipinski definition) is 2. The van der Waals surface area contributed by atoms with E-state index in [0.29, 0.717) is 0 Å². The topological polar surface area (TPSA) is 57.5 Å². The van der Waals surface area contributed by atoms with Crippen LogP contribution in [-0.2, 0) is 11.2 Å². The van der Waals surface area contributed by atoms with E-state index in [1.54, 1.807) is 0 Å². The van der Waals surface area contributed by atoms with Gasteiger partial charge in [0.2, 0.25) is 0 Å². The largest absolute Gasteiger partial charge is 0.516 e. The quantitative estimate of drug-likeness (QED) is 0.635. The van der Waals surface area contributed by atoms with Crippen molar-refractivity contribution in [3.63, 3.8) is 0 Å². The second kappa shape index (κ2) is 8.34. The number of aryl methyl sites for hydroxylation is 3. The van der Waals surface area contributed by atoms with E-state index < -0.39 is 0 Å². The summed E-state index contributed by atoms with van der Waals surface area (Å²) in [5.74, 6) is 0. The summed E-state index contributed by atoms with van der Waals surface area (Å²) >= 11 is 0. The Morgan fingerprint density at radius 3 is 2.00 bits per heavy atom. The number of aliphatic hydroxyl groups is 1. The zero-order valence-electron chi connectivity index (χ0n) is 11.5. The summed E-state index contributed by atoms with van der Waals surface area (Å²) in [7, 11) is 0. The molecular weight excluding hydrogens is 228 g/mol. The lowest BCUT2D eigenvalue weighted by molar-refractivity contribution is -0.122. The Balaban J connectivity index is 0.000000873. The number of allylic oxidation sites excluding steroid dienone is 1. The van der Waals surface area contributed by atoms with Gasteiger partial charge in [-0.2, -0.15) is 0 Å². The maximum absolute atomic E-state index is 8.83. The lowest BCUT2D eigenvalue weighted by atomic mass is 9.95. The monoisotopic (exact) mass is 250 g/mol. The van der Waals surface area contributed by atoms with Crippen LogP contribution in [0.5, 0.6) is 0 Å². The Labute approximate surface area is 109 Å². The minimum Gasteiger partial charge on any atom is -0.516 e. The molecule has 1 rings (SSSR count). The number of hydrogen-bond donors (Lipinski definition) is 2. The van der Waals surface area contributed by atoms with Crippen LogP contribution in [0, 0.1) is 20.8 Å². The van der Waals surface area contributed by atoms with Crippen LogP contribution < -0.4 is 0 Å². The normalized spacial score (nSPS) is 10.6. The third-order valence-corrected chi connectivity index (χ3v) is 2.83. The van der Waals surface area contributed by atoms with Crippen LogP contribution in [0.15, 0.2) is 24.0 Å². The molecule has 0 amide bonds. The van der Waals surface area contributed by atoms with Crippen LogP contribution in [0.1, 0.15) is 35.6 Å². The van der Waals surface area contributed by atoms with Crippen LogP contribution in [0.4, 0.5) is 0 Å². The zero-order chi connectivity index (χ0) is 14.1. The van der Waals surface area contributed by atoms with E-state index in [-0.39, 0.29) is 6.47 Å². The molecule has 0 fully saturated rings. The first-order chi connectivity index (χ1) is 8.46. The minimum atomic E-state index is -0.250. The van der Waals surface area contributed by atoms with Crippen LogP contribution in [-0.4, -0.2) is 16.7 Å². The van der Waals surface area contributed by atoms with Gasteiger partial charge >= 0.3 is 0 Å². The Kier molecular flexibility index (Phi) is 7.52. The molecular formula is C15H22O3. The molecule has 2 N–H and O–H groups in total. The summed E-state index contributed by atoms with van der Waals surface area (Å²) in [4.78, 5) is 8.36. The van der Waals surface area contributed by atoms with Crippen LogP contribution in [0.2, 0.25) is 0 Å². The molecule has 0 saturated heterocycles. The Bertz CT molecular complexity index is 397. The van der Waals surface area contributed by atoms with Crippen molar-refractivity contribution in [2.45, 2.75) is 40.5 Å². The standard InChI is InChI=1S/C14H20O.CH2O2/c1-10(9-15)5-6-14-12(3)7-11(2)8-13(14)4;2-1-3/h7-9,15H,5-6H2,1-4H3;1H,(H,2,3). The number of carbonyl (C=O) groups is 1. The summed E-state index contributed by atoms with van der Waals surface area (Å²) in [6.07, 6.45) is 3.15. The predicted molar refractivity (Wildman–Crippen MR) is 74.1 cm³/mol. The van der Waals surface area contributed by atoms with Crippen molar-refractivity contribution in [1.29, 1.82) is 0 Å². The SMILES string of the molecule is CC(=CO)CCc1c(C)cc(C)cc1C.O=CO. The van der Waals surface area contributed by atoms with Gasteiger partial charge in [-0.25, -0.2) is 0 Å². The maximum Gasteiger partial charge on any atom is 0.290 e. The highest BCUT2D eigenvalue weighted by molar-refractivity contribution is 5.37. The van der Waals surface area contributed by atoms with Gasteiger partial charge in [-0.05, 0) is 62.8 Å². The first-order valence-electron chi connectivity index (χ1n) is 5.90. The molecule has 0 aromatic heterocycles. The summed E-state index contributed by atoms with van der Waals surface area (Å²) in [5.41, 5.74) is 6.50. The molecule has 0 radical (unpaired) electrons. The van der Waals surface area contributed by atoms with Crippen LogP contribution in [0.3, 0.4) is 0 Å². The van der Waals surface area contributed by atoms with Crippen molar-refractivity contribution in [1.82, 2.24) is 0 Å². The van der Waals surface area contributed by atoms with E-state index in [0.717, 1.165) is 18.4 Å². The van der Waals surface area contributed by atoms with Crippen molar-refractivity contribution in [2.24, 2.45) is 0 Å². The van der Waals surface area contributed by atoms with Crippen molar-refractivity contribution >= 4 is 6.47 Å². The van der Waals surface area contributed by atoms with Gasteiger partial charge in [0.15, 0.2) is 0 Å². The fourth-order valence-corrected chi connectivity index (χ4v) is 1.99. The second-order valence-corrected chi connectivity index (χ2v) is 4.46. The highest BCUT2D eigenvalue weighted by Gasteiger charge is 2.03. The van der Waals surface area contributed by atoms with Gasteiger partial charge in [-0.1, -0.05) is 17.7 Å². The third kappa shape index (κ3) is 5.53. The van der Waals surface area contributed by atoms with Crippen LogP contribution in [0.25, 0.3) is 0 Å². The highest BCUT2D eigenvalue weighted by Crippen LogP contribution is 2.19. The van der Waals surface area contributed by atoms with E-state index in [1.165, 1.54) is 28.5 Å². The molecule has 3 heteroatoms. The van der Waals surface area contributed by atoms with Crippen molar-refractivity contribution in [2.75, 3.05) is 0 Å². The third-order valence-electron chi connectivity index (χ3n) is 2.83. The predicted octanol–water partition coefficient (Wildman–Crippen LogP) is 3.71. The molecule has 3 nitrogen and oxygen atoms in total. The molecule has 0 atom stereocenters. The second-order valence-electron chi connectivity index (χ2n) is 4.46. The minimum absolute atomic E-state index is 0.250. The van der Waals surface area contributed by atoms with Gasteiger partial charge in [0.25, 0.3) is 6.47 Å². The first-order valence-corrected chi connectivity index (χ1v) is 5.90. The van der Waals surface area contributed by atoms with Gasteiger partial charge in [-0.3, -0.25) is 4.79 Å². The molecule has 0 unspecified atom stereocenters. The van der Waals surface area contributed by atoms with Gasteiger partial charge in [0.05, 0.1) is 6.26 Å². The van der Waals surface area contributed by atoms with Gasteiger partial charge < -0.3 is 10.2 Å². The molecule has 0 saturated carbocycles. The van der Waals surface area contributed by atoms with E-state index in [1.807, 2.05) is 6.92 Å². The first kappa shape index (κ1) is 16.2. The molecule has 100 valence electrons. The van der Waals surface area contributed by atoms with E-state index >= 15 is 0 Å². The van der Waals surface area contributed by atoms with Crippen molar-refractivity contribution in [3.8, 4) is 0 Å². The summed E-state index contributed by atoms with van der Waals surface area (Å²) in [6.45, 7) is 8.15. The molecule has 0 heterocycles. The smallest absolute Gasteiger partial charge is 0.290 e. The molecule has 0 aliphatic heterocycles. The Hall–Kier alpha value is -1.77. The zero-order valence-corrected chi connectivity index (χ0v) is 11.5. The van der Waals surface area contributed by atoms with Crippen molar-refractivity contribution < 1.29 is 15.0 Å². The number of rotatable bonds is 3. The Morgan fingerprint density at radius 1 is 1.17 bits per heavy atom. The van der Waals surface area contributed by atoms with Gasteiger partial charge in [0, 0.05) is 0 Å². The number of aliphatic hydroxyl groups excluding tert-OH is 1. The lowest BCUT2D eigenvalue weighted by Gasteiger charge is -2.11. The summed E-state index contributed by atoms with van der Waals surface area (Å²) in [5, 5.41) is 15.7. The highest BCUT2D eigenvalue weighted by atomic mass is 16.3. The molecule has 18 heavy (non-hydrogen) atoms. The van der Waals surface area contributed by atoms with E-state index in [9.17, 15) is 0 Å². The van der Waals surface area contributed by atoms with Crippen molar-refractivity contribution in [3.05, 3.63) is 46.2 Å². The van der Waals surface area contributed by atoms with E-state index in [4.69, 9.17) is 15.0 Å². The number of carboxylic acid groups (broad SMARTS) is 1. The van der Waals surface area contributed by atoms with E-state index in [2.05, 4.69) is 32.9 Å². The maximum atomic E-state index is 8.83. The Morgan fingerprint density at radius 2 is 1.61 bits per heavy atom. The summed E-state index contributed by atoms with van der Waals surface area (Å²) in [6, 6.07) is 4.45.